The topological polar surface area (TPSA) is 59.9 Å². The van der Waals surface area contributed by atoms with Crippen molar-refractivity contribution in [2.45, 2.75) is 26.2 Å². The lowest BCUT2D eigenvalue weighted by Gasteiger charge is -1.97. The van der Waals surface area contributed by atoms with Crippen LogP contribution in [-0.2, 0) is 4.79 Å². The molecule has 0 bridgehead atoms. The van der Waals surface area contributed by atoms with Crippen molar-refractivity contribution >= 4 is 11.6 Å². The van der Waals surface area contributed by atoms with Crippen LogP contribution in [0.1, 0.15) is 36.7 Å². The van der Waals surface area contributed by atoms with Crippen LogP contribution in [-0.4, -0.2) is 21.5 Å². The van der Waals surface area contributed by atoms with Crippen molar-refractivity contribution < 1.29 is 9.59 Å². The minimum atomic E-state index is -0.231. The first-order chi connectivity index (χ1) is 6.74. The van der Waals surface area contributed by atoms with Gasteiger partial charge in [0.15, 0.2) is 5.78 Å². The van der Waals surface area contributed by atoms with Gasteiger partial charge in [0.25, 0.3) is 0 Å². The second kappa shape index (κ2) is 5.21. The quantitative estimate of drug-likeness (QED) is 0.523. The third-order valence-corrected chi connectivity index (χ3v) is 1.75. The summed E-state index contributed by atoms with van der Waals surface area (Å²) in [6, 6.07) is 1.52. The van der Waals surface area contributed by atoms with Crippen molar-refractivity contribution in [2.75, 3.05) is 0 Å². The first kappa shape index (κ1) is 10.5. The van der Waals surface area contributed by atoms with E-state index in [0.717, 1.165) is 6.42 Å². The Morgan fingerprint density at radius 3 is 2.79 bits per heavy atom. The highest BCUT2D eigenvalue weighted by atomic mass is 16.1. The molecule has 1 heterocycles. The van der Waals surface area contributed by atoms with Crippen LogP contribution in [0.5, 0.6) is 0 Å². The van der Waals surface area contributed by atoms with Gasteiger partial charge < -0.3 is 0 Å². The number of hydrogen-bond acceptors (Lipinski definition) is 4. The van der Waals surface area contributed by atoms with Gasteiger partial charge in [-0.05, 0) is 12.5 Å². The summed E-state index contributed by atoms with van der Waals surface area (Å²) in [6.45, 7) is 1.91. The highest BCUT2D eigenvalue weighted by molar-refractivity contribution is 6.06. The molecule has 0 N–H and O–H groups in total. The first-order valence-electron chi connectivity index (χ1n) is 4.55. The molecular formula is C10H12N2O2. The van der Waals surface area contributed by atoms with Crippen LogP contribution in [0.15, 0.2) is 18.6 Å². The Hall–Kier alpha value is -1.58. The molecule has 0 radical (unpaired) electrons. The molecular weight excluding hydrogens is 180 g/mol. The number of aromatic nitrogens is 2. The van der Waals surface area contributed by atoms with Gasteiger partial charge in [-0.3, -0.25) is 9.59 Å². The van der Waals surface area contributed by atoms with Crippen LogP contribution in [0.2, 0.25) is 0 Å². The van der Waals surface area contributed by atoms with Gasteiger partial charge in [0.1, 0.15) is 17.8 Å². The molecule has 0 aromatic carbocycles. The fourth-order valence-electron chi connectivity index (χ4n) is 1.09. The summed E-state index contributed by atoms with van der Waals surface area (Å²) >= 11 is 0. The maximum Gasteiger partial charge on any atom is 0.188 e. The molecule has 0 saturated heterocycles. The number of Topliss-reactive ketones (excluding diaryl/α,β-unsaturated/α-hetero) is 2. The van der Waals surface area contributed by atoms with E-state index >= 15 is 0 Å². The Morgan fingerprint density at radius 1 is 1.43 bits per heavy atom. The third kappa shape index (κ3) is 3.05. The Kier molecular flexibility index (Phi) is 3.91. The second-order valence-corrected chi connectivity index (χ2v) is 2.98. The Bertz CT molecular complexity index is 322. The average Bonchev–Trinajstić information content (AvgIpc) is 2.19. The van der Waals surface area contributed by atoms with Crippen molar-refractivity contribution in [3.63, 3.8) is 0 Å². The maximum absolute atomic E-state index is 11.4. The van der Waals surface area contributed by atoms with Crippen LogP contribution in [0.4, 0.5) is 0 Å². The molecule has 0 amide bonds. The van der Waals surface area contributed by atoms with Crippen molar-refractivity contribution in [1.29, 1.82) is 0 Å². The normalized spacial score (nSPS) is 9.79. The molecule has 0 aliphatic carbocycles. The summed E-state index contributed by atoms with van der Waals surface area (Å²) in [6.07, 6.45) is 3.97. The minimum Gasteiger partial charge on any atom is -0.299 e. The predicted molar refractivity (Wildman–Crippen MR) is 50.9 cm³/mol. The standard InChI is InChI=1S/C10H12N2O2/c1-2-3-8(13)6-10(14)9-4-5-11-7-12-9/h4-5,7H,2-3,6H2,1H3. The fraction of sp³-hybridized carbons (Fsp3) is 0.400. The molecule has 0 fully saturated rings. The monoisotopic (exact) mass is 192 g/mol. The molecule has 1 rings (SSSR count). The number of carbonyl (C=O) groups is 2. The molecule has 0 spiro atoms. The van der Waals surface area contributed by atoms with Gasteiger partial charge in [-0.25, -0.2) is 9.97 Å². The molecule has 4 nitrogen and oxygen atoms in total. The van der Waals surface area contributed by atoms with Crippen LogP contribution < -0.4 is 0 Å². The average molecular weight is 192 g/mol. The van der Waals surface area contributed by atoms with E-state index in [1.165, 1.54) is 18.6 Å². The van der Waals surface area contributed by atoms with Crippen molar-refractivity contribution in [1.82, 2.24) is 9.97 Å². The van der Waals surface area contributed by atoms with E-state index in [1.807, 2.05) is 6.92 Å². The van der Waals surface area contributed by atoms with Gasteiger partial charge in [0, 0.05) is 12.6 Å². The second-order valence-electron chi connectivity index (χ2n) is 2.98. The van der Waals surface area contributed by atoms with Crippen LogP contribution >= 0.6 is 0 Å². The zero-order valence-corrected chi connectivity index (χ0v) is 8.06. The van der Waals surface area contributed by atoms with Crippen molar-refractivity contribution in [3.8, 4) is 0 Å². The van der Waals surface area contributed by atoms with E-state index in [2.05, 4.69) is 9.97 Å². The smallest absolute Gasteiger partial charge is 0.188 e. The van der Waals surface area contributed by atoms with Crippen molar-refractivity contribution in [3.05, 3.63) is 24.3 Å². The van der Waals surface area contributed by atoms with E-state index < -0.39 is 0 Å². The van der Waals surface area contributed by atoms with Gasteiger partial charge >= 0.3 is 0 Å². The third-order valence-electron chi connectivity index (χ3n) is 1.75. The SMILES string of the molecule is CCCC(=O)CC(=O)c1ccncn1. The Labute approximate surface area is 82.4 Å². The number of nitrogens with zero attached hydrogens (tertiary/aromatic N) is 2. The molecule has 14 heavy (non-hydrogen) atoms. The molecule has 1 aromatic rings. The number of rotatable bonds is 5. The summed E-state index contributed by atoms with van der Waals surface area (Å²) in [4.78, 5) is 30.1. The van der Waals surface area contributed by atoms with E-state index in [9.17, 15) is 9.59 Å². The van der Waals surface area contributed by atoms with Gasteiger partial charge in [-0.15, -0.1) is 0 Å². The van der Waals surface area contributed by atoms with Gasteiger partial charge in [-0.2, -0.15) is 0 Å². The zero-order valence-electron chi connectivity index (χ0n) is 8.06. The van der Waals surface area contributed by atoms with Crippen molar-refractivity contribution in [2.24, 2.45) is 0 Å². The predicted octanol–water partition coefficient (Wildman–Crippen LogP) is 1.42. The summed E-state index contributed by atoms with van der Waals surface area (Å²) in [5.41, 5.74) is 0.310. The summed E-state index contributed by atoms with van der Waals surface area (Å²) in [7, 11) is 0. The highest BCUT2D eigenvalue weighted by Crippen LogP contribution is 2.01. The molecule has 0 unspecified atom stereocenters. The van der Waals surface area contributed by atoms with Crippen LogP contribution in [0, 0.1) is 0 Å². The lowest BCUT2D eigenvalue weighted by molar-refractivity contribution is -0.118. The molecule has 0 saturated carbocycles. The zero-order chi connectivity index (χ0) is 10.4. The molecule has 4 heteroatoms. The summed E-state index contributed by atoms with van der Waals surface area (Å²) in [5, 5.41) is 0. The van der Waals surface area contributed by atoms with Gasteiger partial charge in [0.2, 0.25) is 0 Å². The van der Waals surface area contributed by atoms with E-state index in [4.69, 9.17) is 0 Å². The number of ketones is 2. The summed E-state index contributed by atoms with van der Waals surface area (Å²) < 4.78 is 0. The highest BCUT2D eigenvalue weighted by Gasteiger charge is 2.11. The van der Waals surface area contributed by atoms with E-state index in [0.29, 0.717) is 12.1 Å². The number of hydrogen-bond donors (Lipinski definition) is 0. The van der Waals surface area contributed by atoms with Crippen LogP contribution in [0.25, 0.3) is 0 Å². The number of carbonyl (C=O) groups excluding carboxylic acids is 2. The molecule has 0 atom stereocenters. The van der Waals surface area contributed by atoms with Gasteiger partial charge in [0.05, 0.1) is 6.42 Å². The lowest BCUT2D eigenvalue weighted by atomic mass is 10.1. The van der Waals surface area contributed by atoms with E-state index in [-0.39, 0.29) is 18.0 Å². The Morgan fingerprint density at radius 2 is 2.21 bits per heavy atom. The molecule has 74 valence electrons. The fourth-order valence-corrected chi connectivity index (χ4v) is 1.09. The minimum absolute atomic E-state index is 0.0314. The summed E-state index contributed by atoms with van der Waals surface area (Å²) in [5.74, 6) is -0.262. The molecule has 0 aliphatic heterocycles. The molecule has 1 aromatic heterocycles. The Balaban J connectivity index is 2.55. The van der Waals surface area contributed by atoms with Crippen LogP contribution in [0.3, 0.4) is 0 Å². The maximum atomic E-state index is 11.4. The molecule has 0 aliphatic rings. The first-order valence-corrected chi connectivity index (χ1v) is 4.55. The van der Waals surface area contributed by atoms with Gasteiger partial charge in [-0.1, -0.05) is 6.92 Å². The lowest BCUT2D eigenvalue weighted by Crippen LogP contribution is -2.09. The largest absolute Gasteiger partial charge is 0.299 e. The van der Waals surface area contributed by atoms with E-state index in [1.54, 1.807) is 0 Å².